The average molecular weight is 445 g/mol. The first-order valence-corrected chi connectivity index (χ1v) is 11.5. The second kappa shape index (κ2) is 10.9. The van der Waals surface area contributed by atoms with E-state index >= 15 is 0 Å². The van der Waals surface area contributed by atoms with Crippen molar-refractivity contribution in [3.63, 3.8) is 0 Å². The molecule has 0 aromatic heterocycles. The first-order valence-electron chi connectivity index (χ1n) is 11.5. The predicted octanol–water partition coefficient (Wildman–Crippen LogP) is 1.59. The van der Waals surface area contributed by atoms with Gasteiger partial charge in [0.2, 0.25) is 11.8 Å². The number of hydrogen-bond acceptors (Lipinski definition) is 5. The molecule has 1 fully saturated rings. The van der Waals surface area contributed by atoms with Gasteiger partial charge in [-0.25, -0.2) is 0 Å². The van der Waals surface area contributed by atoms with Crippen LogP contribution in [0, 0.1) is 5.92 Å². The summed E-state index contributed by atoms with van der Waals surface area (Å²) in [5.74, 6) is -0.149. The van der Waals surface area contributed by atoms with E-state index in [1.165, 1.54) is 14.0 Å². The molecule has 1 aromatic carbocycles. The van der Waals surface area contributed by atoms with Crippen molar-refractivity contribution in [2.75, 3.05) is 57.9 Å². The van der Waals surface area contributed by atoms with Gasteiger partial charge in [-0.3, -0.25) is 19.3 Å². The number of likely N-dealkylation sites (tertiary alicyclic amines) is 1. The maximum absolute atomic E-state index is 13.4. The van der Waals surface area contributed by atoms with Gasteiger partial charge in [0.1, 0.15) is 6.61 Å². The maximum atomic E-state index is 13.4. The number of para-hydroxylation sites is 1. The fourth-order valence-electron chi connectivity index (χ4n) is 4.42. The first kappa shape index (κ1) is 24.2. The summed E-state index contributed by atoms with van der Waals surface area (Å²) in [6.45, 7) is 10.1. The molecule has 2 aliphatic rings. The lowest BCUT2D eigenvalue weighted by Crippen LogP contribution is -2.56. The molecule has 1 aromatic rings. The fraction of sp³-hybridized carbons (Fsp3) is 0.625. The van der Waals surface area contributed by atoms with Crippen molar-refractivity contribution in [3.05, 3.63) is 29.8 Å². The van der Waals surface area contributed by atoms with Crippen LogP contribution in [0.15, 0.2) is 24.3 Å². The summed E-state index contributed by atoms with van der Waals surface area (Å²) in [5.41, 5.74) is 1.79. The van der Waals surface area contributed by atoms with Gasteiger partial charge in [0, 0.05) is 71.6 Å². The highest BCUT2D eigenvalue weighted by molar-refractivity contribution is 5.95. The Kier molecular flexibility index (Phi) is 8.26. The molecular formula is C24H36N4O4. The molecule has 3 rings (SSSR count). The van der Waals surface area contributed by atoms with Gasteiger partial charge in [-0.2, -0.15) is 0 Å². The molecule has 3 amide bonds. The number of benzene rings is 1. The maximum Gasteiger partial charge on any atom is 0.252 e. The molecule has 2 aliphatic heterocycles. The van der Waals surface area contributed by atoms with Crippen LogP contribution in [0.2, 0.25) is 0 Å². The number of nitrogens with zero attached hydrogens (tertiary/aromatic N) is 4. The minimum absolute atomic E-state index is 0.00937. The third kappa shape index (κ3) is 5.66. The Morgan fingerprint density at radius 1 is 1.03 bits per heavy atom. The zero-order valence-electron chi connectivity index (χ0n) is 19.7. The summed E-state index contributed by atoms with van der Waals surface area (Å²) in [7, 11) is 1.53. The van der Waals surface area contributed by atoms with Crippen molar-refractivity contribution in [2.45, 2.75) is 39.8 Å². The lowest BCUT2D eigenvalue weighted by Gasteiger charge is -2.40. The summed E-state index contributed by atoms with van der Waals surface area (Å²) >= 11 is 0. The molecule has 0 unspecified atom stereocenters. The molecule has 0 bridgehead atoms. The second-order valence-electron chi connectivity index (χ2n) is 8.97. The third-order valence-corrected chi connectivity index (χ3v) is 6.41. The van der Waals surface area contributed by atoms with E-state index in [9.17, 15) is 14.4 Å². The minimum atomic E-state index is -0.157. The van der Waals surface area contributed by atoms with Crippen LogP contribution in [0.25, 0.3) is 0 Å². The number of fused-ring (bicyclic) bond motifs is 1. The molecular weight excluding hydrogens is 408 g/mol. The van der Waals surface area contributed by atoms with Gasteiger partial charge in [0.15, 0.2) is 0 Å². The van der Waals surface area contributed by atoms with E-state index in [2.05, 4.69) is 18.7 Å². The van der Waals surface area contributed by atoms with Crippen LogP contribution in [0.3, 0.4) is 0 Å². The van der Waals surface area contributed by atoms with Crippen LogP contribution in [0.4, 0.5) is 5.69 Å². The van der Waals surface area contributed by atoms with Crippen LogP contribution in [0.5, 0.6) is 0 Å². The van der Waals surface area contributed by atoms with E-state index < -0.39 is 0 Å². The third-order valence-electron chi connectivity index (χ3n) is 6.41. The van der Waals surface area contributed by atoms with Gasteiger partial charge in [-0.05, 0) is 31.9 Å². The molecule has 0 N–H and O–H groups in total. The van der Waals surface area contributed by atoms with Gasteiger partial charge >= 0.3 is 0 Å². The second-order valence-corrected chi connectivity index (χ2v) is 8.97. The Bertz CT molecular complexity index is 822. The molecule has 0 aliphatic carbocycles. The predicted molar refractivity (Wildman–Crippen MR) is 123 cm³/mol. The van der Waals surface area contributed by atoms with Crippen LogP contribution in [-0.2, 0) is 25.7 Å². The van der Waals surface area contributed by atoms with E-state index in [1.807, 2.05) is 29.2 Å². The highest BCUT2D eigenvalue weighted by atomic mass is 16.5. The number of amides is 3. The Balaban J connectivity index is 1.89. The Morgan fingerprint density at radius 2 is 1.75 bits per heavy atom. The van der Waals surface area contributed by atoms with Crippen molar-refractivity contribution in [2.24, 2.45) is 5.92 Å². The summed E-state index contributed by atoms with van der Waals surface area (Å²) < 4.78 is 5.13. The first-order chi connectivity index (χ1) is 15.3. The largest absolute Gasteiger partial charge is 0.375 e. The van der Waals surface area contributed by atoms with E-state index in [0.717, 1.165) is 30.8 Å². The molecule has 176 valence electrons. The minimum Gasteiger partial charge on any atom is -0.375 e. The van der Waals surface area contributed by atoms with E-state index in [4.69, 9.17) is 4.74 Å². The standard InChI is InChI=1S/C24H36N4O4/c1-18(2)25-10-7-11-28(23(30)17-32-4)22-9-6-5-8-20(22)14-26(13-12-25)24(31)21-15-27(16-21)19(3)29/h5-6,8-9,18,21H,7,10-17H2,1-4H3. The SMILES string of the molecule is COCC(=O)N1CCCN(C(C)C)CCN(C(=O)C2CN(C(C)=O)C2)Cc2ccccc21. The van der Waals surface area contributed by atoms with Gasteiger partial charge in [-0.15, -0.1) is 0 Å². The Hall–Kier alpha value is -2.45. The van der Waals surface area contributed by atoms with E-state index in [1.54, 1.807) is 9.80 Å². The normalized spacial score (nSPS) is 18.7. The number of ether oxygens (including phenoxy) is 1. The van der Waals surface area contributed by atoms with Crippen molar-refractivity contribution >= 4 is 23.4 Å². The zero-order valence-corrected chi connectivity index (χ0v) is 19.7. The van der Waals surface area contributed by atoms with Crippen LogP contribution in [-0.4, -0.2) is 91.4 Å². The van der Waals surface area contributed by atoms with E-state index in [-0.39, 0.29) is 30.2 Å². The zero-order chi connectivity index (χ0) is 23.3. The van der Waals surface area contributed by atoms with Crippen molar-refractivity contribution < 1.29 is 19.1 Å². The van der Waals surface area contributed by atoms with Gasteiger partial charge in [0.05, 0.1) is 5.92 Å². The molecule has 0 atom stereocenters. The monoisotopic (exact) mass is 444 g/mol. The quantitative estimate of drug-likeness (QED) is 0.705. The number of methoxy groups -OCH3 is 1. The highest BCUT2D eigenvalue weighted by Gasteiger charge is 2.37. The lowest BCUT2D eigenvalue weighted by atomic mass is 9.97. The van der Waals surface area contributed by atoms with Crippen LogP contribution < -0.4 is 4.90 Å². The molecule has 1 saturated heterocycles. The average Bonchev–Trinajstić information content (AvgIpc) is 2.74. The van der Waals surface area contributed by atoms with Crippen molar-refractivity contribution in [1.29, 1.82) is 0 Å². The molecule has 0 radical (unpaired) electrons. The molecule has 0 saturated carbocycles. The molecule has 8 nitrogen and oxygen atoms in total. The lowest BCUT2D eigenvalue weighted by molar-refractivity contribution is -0.148. The van der Waals surface area contributed by atoms with Gasteiger partial charge in [0.25, 0.3) is 5.91 Å². The van der Waals surface area contributed by atoms with Crippen LogP contribution in [0.1, 0.15) is 32.8 Å². The smallest absolute Gasteiger partial charge is 0.252 e. The molecule has 32 heavy (non-hydrogen) atoms. The summed E-state index contributed by atoms with van der Waals surface area (Å²) in [5, 5.41) is 0. The number of carbonyl (C=O) groups is 3. The number of hydrogen-bond donors (Lipinski definition) is 0. The van der Waals surface area contributed by atoms with Crippen LogP contribution >= 0.6 is 0 Å². The number of carbonyl (C=O) groups excluding carboxylic acids is 3. The summed E-state index contributed by atoms with van der Waals surface area (Å²) in [6, 6.07) is 8.15. The summed E-state index contributed by atoms with van der Waals surface area (Å²) in [6.07, 6.45) is 0.839. The van der Waals surface area contributed by atoms with Crippen molar-refractivity contribution in [1.82, 2.24) is 14.7 Å². The molecule has 8 heteroatoms. The Morgan fingerprint density at radius 3 is 2.41 bits per heavy atom. The van der Waals surface area contributed by atoms with Gasteiger partial charge in [-0.1, -0.05) is 18.2 Å². The van der Waals surface area contributed by atoms with E-state index in [0.29, 0.717) is 38.8 Å². The van der Waals surface area contributed by atoms with Gasteiger partial charge < -0.3 is 19.4 Å². The Labute approximate surface area is 191 Å². The van der Waals surface area contributed by atoms with Crippen molar-refractivity contribution in [3.8, 4) is 0 Å². The number of anilines is 1. The number of rotatable bonds is 4. The topological polar surface area (TPSA) is 73.4 Å². The molecule has 2 heterocycles. The fourth-order valence-corrected chi connectivity index (χ4v) is 4.42. The summed E-state index contributed by atoms with van der Waals surface area (Å²) in [4.78, 5) is 45.6. The molecule has 0 spiro atoms. The highest BCUT2D eigenvalue weighted by Crippen LogP contribution is 2.26.